The van der Waals surface area contributed by atoms with Crippen molar-refractivity contribution in [2.45, 2.75) is 6.42 Å². The van der Waals surface area contributed by atoms with Gasteiger partial charge in [0, 0.05) is 38.3 Å². The van der Waals surface area contributed by atoms with Gasteiger partial charge in [-0.3, -0.25) is 9.59 Å². The molecule has 8 heteroatoms. The monoisotopic (exact) mass is 496 g/mol. The van der Waals surface area contributed by atoms with E-state index in [-0.39, 0.29) is 11.8 Å². The number of benzene rings is 2. The van der Waals surface area contributed by atoms with E-state index >= 15 is 0 Å². The van der Waals surface area contributed by atoms with Crippen molar-refractivity contribution in [2.75, 3.05) is 26.2 Å². The number of halogens is 4. The Morgan fingerprint density at radius 3 is 1.45 bits per heavy atom. The van der Waals surface area contributed by atoms with E-state index in [4.69, 9.17) is 46.4 Å². The zero-order chi connectivity index (χ0) is 22.4. The average molecular weight is 498 g/mol. The zero-order valence-electron chi connectivity index (χ0n) is 16.5. The van der Waals surface area contributed by atoms with Gasteiger partial charge in [0.05, 0.1) is 20.1 Å². The van der Waals surface area contributed by atoms with E-state index in [1.165, 1.54) is 12.2 Å². The molecule has 0 saturated carbocycles. The lowest BCUT2D eigenvalue weighted by Gasteiger charge is -2.20. The minimum atomic E-state index is -0.105. The Kier molecular flexibility index (Phi) is 8.44. The van der Waals surface area contributed by atoms with Crippen molar-refractivity contribution in [3.8, 4) is 0 Å². The Hall–Kier alpha value is -1.98. The second-order valence-corrected chi connectivity index (χ2v) is 8.65. The largest absolute Gasteiger partial charge is 0.337 e. The first-order valence-corrected chi connectivity index (χ1v) is 11.2. The molecular formula is C23H20Cl4N2O2. The molecule has 0 spiro atoms. The Bertz CT molecular complexity index is 955. The second kappa shape index (κ2) is 11.1. The summed E-state index contributed by atoms with van der Waals surface area (Å²) in [4.78, 5) is 28.6. The molecule has 1 heterocycles. The van der Waals surface area contributed by atoms with Gasteiger partial charge in [0.2, 0.25) is 11.8 Å². The zero-order valence-corrected chi connectivity index (χ0v) is 19.6. The van der Waals surface area contributed by atoms with Crippen LogP contribution >= 0.6 is 46.4 Å². The highest BCUT2D eigenvalue weighted by Crippen LogP contribution is 2.24. The molecule has 162 valence electrons. The smallest absolute Gasteiger partial charge is 0.246 e. The molecule has 0 atom stereocenters. The van der Waals surface area contributed by atoms with E-state index < -0.39 is 0 Å². The van der Waals surface area contributed by atoms with Gasteiger partial charge in [-0.15, -0.1) is 0 Å². The van der Waals surface area contributed by atoms with Crippen LogP contribution in [0.5, 0.6) is 0 Å². The quantitative estimate of drug-likeness (QED) is 0.479. The fraction of sp³-hybridized carbons (Fsp3) is 0.217. The maximum atomic E-state index is 12.6. The fourth-order valence-electron chi connectivity index (χ4n) is 3.14. The SMILES string of the molecule is O=C(/C=C/c1ccc(Cl)c(Cl)c1)N1CCCN(C(=O)/C=C/c2ccc(Cl)c(Cl)c2)CC1. The maximum absolute atomic E-state index is 12.6. The molecular weight excluding hydrogens is 478 g/mol. The third-order valence-corrected chi connectivity index (χ3v) is 6.32. The van der Waals surface area contributed by atoms with Crippen LogP contribution in [0.2, 0.25) is 20.1 Å². The van der Waals surface area contributed by atoms with Crippen molar-refractivity contribution < 1.29 is 9.59 Å². The van der Waals surface area contributed by atoms with Gasteiger partial charge in [0.15, 0.2) is 0 Å². The summed E-state index contributed by atoms with van der Waals surface area (Å²) in [6, 6.07) is 10.4. The van der Waals surface area contributed by atoms with Crippen LogP contribution in [0.3, 0.4) is 0 Å². The lowest BCUT2D eigenvalue weighted by atomic mass is 10.2. The average Bonchev–Trinajstić information content (AvgIpc) is 3.01. The van der Waals surface area contributed by atoms with Gasteiger partial charge < -0.3 is 9.80 Å². The molecule has 1 aliphatic rings. The summed E-state index contributed by atoms with van der Waals surface area (Å²) in [6.07, 6.45) is 7.15. The molecule has 2 aromatic carbocycles. The topological polar surface area (TPSA) is 40.6 Å². The lowest BCUT2D eigenvalue weighted by molar-refractivity contribution is -0.128. The molecule has 4 nitrogen and oxygen atoms in total. The standard InChI is InChI=1S/C23H20Cl4N2O2/c24-18-6-2-16(14-20(18)26)4-8-22(30)28-10-1-11-29(13-12-28)23(31)9-5-17-3-7-19(25)21(27)15-17/h2-9,14-15H,1,10-13H2/b8-4+,9-5+. The minimum Gasteiger partial charge on any atom is -0.337 e. The first kappa shape index (κ1) is 23.7. The third-order valence-electron chi connectivity index (χ3n) is 4.84. The van der Waals surface area contributed by atoms with Gasteiger partial charge in [-0.1, -0.05) is 58.5 Å². The molecule has 31 heavy (non-hydrogen) atoms. The number of hydrogen-bond acceptors (Lipinski definition) is 2. The van der Waals surface area contributed by atoms with Crippen LogP contribution in [-0.2, 0) is 9.59 Å². The van der Waals surface area contributed by atoms with Crippen molar-refractivity contribution in [3.05, 3.63) is 79.8 Å². The van der Waals surface area contributed by atoms with E-state index in [2.05, 4.69) is 0 Å². The van der Waals surface area contributed by atoms with E-state index in [1.54, 1.807) is 58.4 Å². The molecule has 2 aromatic rings. The first-order chi connectivity index (χ1) is 14.8. The number of amides is 2. The molecule has 0 aliphatic carbocycles. The lowest BCUT2D eigenvalue weighted by Crippen LogP contribution is -2.36. The summed E-state index contributed by atoms with van der Waals surface area (Å²) < 4.78 is 0. The van der Waals surface area contributed by atoms with Gasteiger partial charge >= 0.3 is 0 Å². The molecule has 1 fully saturated rings. The van der Waals surface area contributed by atoms with Crippen LogP contribution in [0, 0.1) is 0 Å². The summed E-state index contributed by atoms with van der Waals surface area (Å²) >= 11 is 23.8. The van der Waals surface area contributed by atoms with Crippen LogP contribution < -0.4 is 0 Å². The van der Waals surface area contributed by atoms with Gasteiger partial charge in [0.25, 0.3) is 0 Å². The Morgan fingerprint density at radius 1 is 0.645 bits per heavy atom. The highest BCUT2D eigenvalue weighted by Gasteiger charge is 2.19. The first-order valence-electron chi connectivity index (χ1n) is 9.67. The Balaban J connectivity index is 1.56. The second-order valence-electron chi connectivity index (χ2n) is 7.02. The normalized spacial score (nSPS) is 15.0. The molecule has 1 aliphatic heterocycles. The summed E-state index contributed by atoms with van der Waals surface area (Å²) in [7, 11) is 0. The number of carbonyl (C=O) groups excluding carboxylic acids is 2. The van der Waals surface area contributed by atoms with Gasteiger partial charge in [-0.05, 0) is 54.0 Å². The van der Waals surface area contributed by atoms with Crippen molar-refractivity contribution in [2.24, 2.45) is 0 Å². The van der Waals surface area contributed by atoms with Gasteiger partial charge in [-0.2, -0.15) is 0 Å². The predicted octanol–water partition coefficient (Wildman–Crippen LogP) is 6.09. The number of nitrogens with zero attached hydrogens (tertiary/aromatic N) is 2. The van der Waals surface area contributed by atoms with Crippen molar-refractivity contribution >= 4 is 70.4 Å². The summed E-state index contributed by atoms with van der Waals surface area (Å²) in [6.45, 7) is 2.11. The van der Waals surface area contributed by atoms with Crippen LogP contribution in [0.25, 0.3) is 12.2 Å². The minimum absolute atomic E-state index is 0.105. The molecule has 0 unspecified atom stereocenters. The highest BCUT2D eigenvalue weighted by molar-refractivity contribution is 6.42. The molecule has 1 saturated heterocycles. The fourth-order valence-corrected chi connectivity index (χ4v) is 3.75. The van der Waals surface area contributed by atoms with E-state index in [9.17, 15) is 9.59 Å². The molecule has 3 rings (SSSR count). The Morgan fingerprint density at radius 2 is 1.06 bits per heavy atom. The molecule has 0 radical (unpaired) electrons. The Labute approximate surface area is 201 Å². The van der Waals surface area contributed by atoms with E-state index in [1.807, 2.05) is 0 Å². The number of carbonyl (C=O) groups is 2. The van der Waals surface area contributed by atoms with Gasteiger partial charge in [0.1, 0.15) is 0 Å². The van der Waals surface area contributed by atoms with Crippen LogP contribution in [0.1, 0.15) is 17.5 Å². The number of rotatable bonds is 4. The predicted molar refractivity (Wildman–Crippen MR) is 129 cm³/mol. The molecule has 0 N–H and O–H groups in total. The van der Waals surface area contributed by atoms with Crippen molar-refractivity contribution in [1.29, 1.82) is 0 Å². The van der Waals surface area contributed by atoms with Crippen LogP contribution in [0.4, 0.5) is 0 Å². The molecule has 0 bridgehead atoms. The summed E-state index contributed by atoms with van der Waals surface area (Å²) in [5.74, 6) is -0.210. The van der Waals surface area contributed by atoms with Gasteiger partial charge in [-0.25, -0.2) is 0 Å². The summed E-state index contributed by atoms with van der Waals surface area (Å²) in [5, 5.41) is 1.81. The number of hydrogen-bond donors (Lipinski definition) is 0. The van der Waals surface area contributed by atoms with Crippen molar-refractivity contribution in [3.63, 3.8) is 0 Å². The highest BCUT2D eigenvalue weighted by atomic mass is 35.5. The van der Waals surface area contributed by atoms with Crippen LogP contribution in [-0.4, -0.2) is 47.8 Å². The maximum Gasteiger partial charge on any atom is 0.246 e. The molecule has 0 aromatic heterocycles. The van der Waals surface area contributed by atoms with E-state index in [0.717, 1.165) is 11.1 Å². The van der Waals surface area contributed by atoms with E-state index in [0.29, 0.717) is 52.7 Å². The summed E-state index contributed by atoms with van der Waals surface area (Å²) in [5.41, 5.74) is 1.59. The molecule has 2 amide bonds. The van der Waals surface area contributed by atoms with Crippen LogP contribution in [0.15, 0.2) is 48.6 Å². The third kappa shape index (κ3) is 6.75. The van der Waals surface area contributed by atoms with Crippen molar-refractivity contribution in [1.82, 2.24) is 9.80 Å².